The first kappa shape index (κ1) is 12.9. The van der Waals surface area contributed by atoms with Gasteiger partial charge in [0.25, 0.3) is 0 Å². The third-order valence-electron chi connectivity index (χ3n) is 4.27. The molecule has 2 heterocycles. The van der Waals surface area contributed by atoms with Gasteiger partial charge in [-0.25, -0.2) is 4.98 Å². The molecule has 0 aromatic carbocycles. The molecule has 3 rings (SSSR count). The van der Waals surface area contributed by atoms with Crippen LogP contribution in [0.25, 0.3) is 0 Å². The highest BCUT2D eigenvalue weighted by atomic mass is 15.2. The average Bonchev–Trinajstić information content (AvgIpc) is 3.21. The molecule has 4 nitrogen and oxygen atoms in total. The zero-order chi connectivity index (χ0) is 13.2. The summed E-state index contributed by atoms with van der Waals surface area (Å²) in [6, 6.07) is 1.30. The van der Waals surface area contributed by atoms with Crippen LogP contribution in [0, 0.1) is 5.92 Å². The van der Waals surface area contributed by atoms with E-state index in [0.29, 0.717) is 6.04 Å². The van der Waals surface area contributed by atoms with Crippen molar-refractivity contribution in [3.05, 3.63) is 18.1 Å². The molecule has 1 aromatic rings. The first-order chi connectivity index (χ1) is 9.22. The number of hydrogen-bond acceptors (Lipinski definition) is 4. The lowest BCUT2D eigenvalue weighted by Crippen LogP contribution is -2.40. The quantitative estimate of drug-likeness (QED) is 0.902. The summed E-state index contributed by atoms with van der Waals surface area (Å²) in [5.41, 5.74) is 1.05. The molecule has 104 valence electrons. The summed E-state index contributed by atoms with van der Waals surface area (Å²) in [6.45, 7) is 6.59. The molecule has 1 aliphatic heterocycles. The topological polar surface area (TPSA) is 41.1 Å². The lowest BCUT2D eigenvalue weighted by atomic mass is 9.93. The van der Waals surface area contributed by atoms with Gasteiger partial charge in [-0.15, -0.1) is 0 Å². The van der Waals surface area contributed by atoms with Crippen LogP contribution in [-0.2, 0) is 6.54 Å². The third-order valence-corrected chi connectivity index (χ3v) is 4.27. The van der Waals surface area contributed by atoms with Gasteiger partial charge in [0.2, 0.25) is 0 Å². The van der Waals surface area contributed by atoms with Gasteiger partial charge >= 0.3 is 0 Å². The van der Waals surface area contributed by atoms with Crippen LogP contribution in [0.5, 0.6) is 0 Å². The minimum Gasteiger partial charge on any atom is -0.353 e. The van der Waals surface area contributed by atoms with Crippen LogP contribution in [0.3, 0.4) is 0 Å². The van der Waals surface area contributed by atoms with E-state index in [1.807, 2.05) is 12.4 Å². The lowest BCUT2D eigenvalue weighted by molar-refractivity contribution is 0.375. The summed E-state index contributed by atoms with van der Waals surface area (Å²) < 4.78 is 0. The molecule has 4 heteroatoms. The highest BCUT2D eigenvalue weighted by Crippen LogP contribution is 2.26. The molecular weight excluding hydrogens is 236 g/mol. The van der Waals surface area contributed by atoms with Gasteiger partial charge in [-0.05, 0) is 38.5 Å². The normalized spacial score (nSPS) is 27.6. The van der Waals surface area contributed by atoms with Gasteiger partial charge in [-0.1, -0.05) is 6.92 Å². The van der Waals surface area contributed by atoms with Gasteiger partial charge in [0.15, 0.2) is 0 Å². The highest BCUT2D eigenvalue weighted by Gasteiger charge is 2.24. The van der Waals surface area contributed by atoms with Crippen molar-refractivity contribution in [2.24, 2.45) is 5.92 Å². The molecule has 2 aliphatic rings. The number of nitrogens with one attached hydrogen (secondary N) is 1. The van der Waals surface area contributed by atoms with Gasteiger partial charge in [0.1, 0.15) is 5.82 Å². The molecule has 0 spiro atoms. The maximum absolute atomic E-state index is 4.60. The maximum Gasteiger partial charge on any atom is 0.147 e. The van der Waals surface area contributed by atoms with Crippen molar-refractivity contribution in [2.45, 2.75) is 58.2 Å². The average molecular weight is 260 g/mol. The summed E-state index contributed by atoms with van der Waals surface area (Å²) in [5.74, 6) is 1.87. The first-order valence-corrected chi connectivity index (χ1v) is 7.53. The Labute approximate surface area is 115 Å². The van der Waals surface area contributed by atoms with Crippen molar-refractivity contribution in [1.82, 2.24) is 15.3 Å². The van der Waals surface area contributed by atoms with Crippen LogP contribution in [-0.4, -0.2) is 28.6 Å². The second kappa shape index (κ2) is 5.45. The summed E-state index contributed by atoms with van der Waals surface area (Å²) in [5, 5.41) is 3.47. The van der Waals surface area contributed by atoms with E-state index in [9.17, 15) is 0 Å². The van der Waals surface area contributed by atoms with E-state index < -0.39 is 0 Å². The highest BCUT2D eigenvalue weighted by molar-refractivity contribution is 5.37. The Bertz CT molecular complexity index is 413. The van der Waals surface area contributed by atoms with Gasteiger partial charge in [0, 0.05) is 25.2 Å². The summed E-state index contributed by atoms with van der Waals surface area (Å²) in [7, 11) is 0. The van der Waals surface area contributed by atoms with Gasteiger partial charge < -0.3 is 10.2 Å². The monoisotopic (exact) mass is 260 g/mol. The molecule has 0 amide bonds. The number of hydrogen-bond donors (Lipinski definition) is 1. The van der Waals surface area contributed by atoms with Crippen LogP contribution >= 0.6 is 0 Å². The molecule has 2 fully saturated rings. The van der Waals surface area contributed by atoms with E-state index in [1.54, 1.807) is 0 Å². The van der Waals surface area contributed by atoms with Crippen molar-refractivity contribution >= 4 is 5.82 Å². The predicted octanol–water partition coefficient (Wildman–Crippen LogP) is 2.35. The van der Waals surface area contributed by atoms with Gasteiger partial charge in [-0.2, -0.15) is 0 Å². The standard InChI is InChI=1S/C15H24N4/c1-11-5-6-19(12(2)7-11)15-10-17-14(9-18-15)8-16-13-3-4-13/h9-13,16H,3-8H2,1-2H3. The zero-order valence-electron chi connectivity index (χ0n) is 12.0. The van der Waals surface area contributed by atoms with Crippen molar-refractivity contribution in [3.8, 4) is 0 Å². The summed E-state index contributed by atoms with van der Waals surface area (Å²) in [6.07, 6.45) is 9.01. The molecular formula is C15H24N4. The Morgan fingerprint density at radius 3 is 2.68 bits per heavy atom. The van der Waals surface area contributed by atoms with Crippen LogP contribution in [0.15, 0.2) is 12.4 Å². The summed E-state index contributed by atoms with van der Waals surface area (Å²) >= 11 is 0. The van der Waals surface area contributed by atoms with Crippen molar-refractivity contribution in [3.63, 3.8) is 0 Å². The smallest absolute Gasteiger partial charge is 0.147 e. The maximum atomic E-state index is 4.60. The molecule has 19 heavy (non-hydrogen) atoms. The van der Waals surface area contributed by atoms with Gasteiger partial charge in [0.05, 0.1) is 18.1 Å². The van der Waals surface area contributed by atoms with E-state index in [0.717, 1.165) is 36.6 Å². The Morgan fingerprint density at radius 2 is 2.05 bits per heavy atom. The minimum atomic E-state index is 0.577. The largest absolute Gasteiger partial charge is 0.353 e. The minimum absolute atomic E-state index is 0.577. The molecule has 0 radical (unpaired) electrons. The van der Waals surface area contributed by atoms with Crippen molar-refractivity contribution in [2.75, 3.05) is 11.4 Å². The van der Waals surface area contributed by atoms with Crippen LogP contribution in [0.4, 0.5) is 5.82 Å². The number of aromatic nitrogens is 2. The second-order valence-corrected chi connectivity index (χ2v) is 6.19. The lowest BCUT2D eigenvalue weighted by Gasteiger charge is -2.37. The molecule has 1 aliphatic carbocycles. The van der Waals surface area contributed by atoms with Crippen LogP contribution in [0.1, 0.15) is 45.2 Å². The van der Waals surface area contributed by atoms with E-state index in [1.165, 1.54) is 25.7 Å². The fourth-order valence-corrected chi connectivity index (χ4v) is 2.87. The third kappa shape index (κ3) is 3.24. The van der Waals surface area contributed by atoms with E-state index >= 15 is 0 Å². The fourth-order valence-electron chi connectivity index (χ4n) is 2.87. The molecule has 1 saturated carbocycles. The number of rotatable bonds is 4. The molecule has 2 atom stereocenters. The predicted molar refractivity (Wildman–Crippen MR) is 77.1 cm³/mol. The first-order valence-electron chi connectivity index (χ1n) is 7.53. The Morgan fingerprint density at radius 1 is 1.21 bits per heavy atom. The van der Waals surface area contributed by atoms with Crippen molar-refractivity contribution < 1.29 is 0 Å². The van der Waals surface area contributed by atoms with Crippen LogP contribution < -0.4 is 10.2 Å². The molecule has 1 aromatic heterocycles. The van der Waals surface area contributed by atoms with E-state index in [4.69, 9.17) is 0 Å². The molecule has 1 saturated heterocycles. The van der Waals surface area contributed by atoms with E-state index in [2.05, 4.69) is 34.0 Å². The molecule has 0 bridgehead atoms. The zero-order valence-corrected chi connectivity index (χ0v) is 12.0. The van der Waals surface area contributed by atoms with Crippen LogP contribution in [0.2, 0.25) is 0 Å². The van der Waals surface area contributed by atoms with Crippen molar-refractivity contribution in [1.29, 1.82) is 0 Å². The second-order valence-electron chi connectivity index (χ2n) is 6.19. The Hall–Kier alpha value is -1.16. The summed E-state index contributed by atoms with van der Waals surface area (Å²) in [4.78, 5) is 11.5. The number of nitrogens with zero attached hydrogens (tertiary/aromatic N) is 3. The molecule has 1 N–H and O–H groups in total. The SMILES string of the molecule is CC1CCN(c2cnc(CNC3CC3)cn2)C(C)C1. The number of anilines is 1. The Kier molecular flexibility index (Phi) is 3.69. The molecule has 2 unspecified atom stereocenters. The van der Waals surface area contributed by atoms with Gasteiger partial charge in [-0.3, -0.25) is 4.98 Å². The van der Waals surface area contributed by atoms with E-state index in [-0.39, 0.29) is 0 Å². The fraction of sp³-hybridized carbons (Fsp3) is 0.733. The number of piperidine rings is 1. The Balaban J connectivity index is 1.60.